The van der Waals surface area contributed by atoms with Gasteiger partial charge in [-0.05, 0) is 22.0 Å². The van der Waals surface area contributed by atoms with E-state index in [4.69, 9.17) is 0 Å². The molecule has 0 fully saturated rings. The zero-order chi connectivity index (χ0) is 10.3. The second-order valence-corrected chi connectivity index (χ2v) is 3.34. The Balaban J connectivity index is 2.75. The number of alkyl halides is 3. The van der Waals surface area contributed by atoms with E-state index in [1.165, 1.54) is 18.5 Å². The summed E-state index contributed by atoms with van der Waals surface area (Å²) in [6, 6.07) is 1.51. The first-order valence-corrected chi connectivity index (χ1v) is 4.35. The summed E-state index contributed by atoms with van der Waals surface area (Å²) in [6.45, 7) is 0. The Hall–Kier alpha value is -1.11. The van der Waals surface area contributed by atoms with Crippen LogP contribution in [-0.4, -0.2) is 14.6 Å². The molecule has 0 aliphatic heterocycles. The first-order valence-electron chi connectivity index (χ1n) is 3.56. The van der Waals surface area contributed by atoms with Crippen molar-refractivity contribution in [3.8, 4) is 0 Å². The summed E-state index contributed by atoms with van der Waals surface area (Å²) in [5.41, 5.74) is -0.809. The average molecular weight is 266 g/mol. The van der Waals surface area contributed by atoms with E-state index in [1.54, 1.807) is 0 Å². The second kappa shape index (κ2) is 2.94. The number of nitrogens with zero attached hydrogens (tertiary/aromatic N) is 3. The van der Waals surface area contributed by atoms with Crippen LogP contribution in [0.5, 0.6) is 0 Å². The second-order valence-electron chi connectivity index (χ2n) is 2.55. The van der Waals surface area contributed by atoms with Crippen LogP contribution in [0.15, 0.2) is 22.9 Å². The molecule has 74 valence electrons. The van der Waals surface area contributed by atoms with Crippen molar-refractivity contribution in [2.45, 2.75) is 6.18 Å². The third-order valence-electron chi connectivity index (χ3n) is 1.61. The molecule has 0 amide bonds. The van der Waals surface area contributed by atoms with Gasteiger partial charge in [0.05, 0.1) is 4.47 Å². The molecule has 0 saturated carbocycles. The average Bonchev–Trinajstić information content (AvgIpc) is 2.44. The molecule has 0 atom stereocenters. The van der Waals surface area contributed by atoms with E-state index in [-0.39, 0.29) is 10.1 Å². The van der Waals surface area contributed by atoms with E-state index in [0.29, 0.717) is 0 Å². The largest absolute Gasteiger partial charge is 0.436 e. The van der Waals surface area contributed by atoms with Crippen LogP contribution >= 0.6 is 15.9 Å². The van der Waals surface area contributed by atoms with Gasteiger partial charge in [0.2, 0.25) is 0 Å². The Morgan fingerprint density at radius 3 is 2.64 bits per heavy atom. The van der Waals surface area contributed by atoms with Crippen LogP contribution in [0.1, 0.15) is 5.69 Å². The standard InChI is InChI=1S/C7H3BrF3N3/c8-4-5(7(9,10)11)13-14-3-1-2-12-6(4)14/h1-3H. The van der Waals surface area contributed by atoms with Crippen LogP contribution in [0.3, 0.4) is 0 Å². The van der Waals surface area contributed by atoms with E-state index in [1.807, 2.05) is 0 Å². The fourth-order valence-corrected chi connectivity index (χ4v) is 1.63. The molecule has 0 N–H and O–H groups in total. The van der Waals surface area contributed by atoms with Crippen LogP contribution in [0.4, 0.5) is 13.2 Å². The molecule has 2 aromatic rings. The molecule has 2 rings (SSSR count). The molecule has 3 nitrogen and oxygen atoms in total. The molecule has 2 heterocycles. The van der Waals surface area contributed by atoms with E-state index in [9.17, 15) is 13.2 Å². The summed E-state index contributed by atoms with van der Waals surface area (Å²) >= 11 is 2.82. The maximum Gasteiger partial charge on any atom is 0.436 e. The quantitative estimate of drug-likeness (QED) is 0.733. The Labute approximate surface area is 84.7 Å². The Morgan fingerprint density at radius 1 is 1.36 bits per heavy atom. The third kappa shape index (κ3) is 1.37. The highest BCUT2D eigenvalue weighted by Gasteiger charge is 2.37. The minimum atomic E-state index is -4.47. The van der Waals surface area contributed by atoms with Crippen molar-refractivity contribution in [1.82, 2.24) is 14.6 Å². The molecule has 14 heavy (non-hydrogen) atoms. The molecule has 0 bridgehead atoms. The third-order valence-corrected chi connectivity index (χ3v) is 2.34. The molecule has 0 aliphatic rings. The number of hydrogen-bond acceptors (Lipinski definition) is 2. The molecule has 0 spiro atoms. The van der Waals surface area contributed by atoms with Gasteiger partial charge in [-0.2, -0.15) is 18.3 Å². The Bertz CT molecular complexity index is 476. The van der Waals surface area contributed by atoms with Gasteiger partial charge in [0.15, 0.2) is 11.3 Å². The SMILES string of the molecule is FC(F)(F)c1nn2cccnc2c1Br. The van der Waals surface area contributed by atoms with Gasteiger partial charge in [0, 0.05) is 12.4 Å². The van der Waals surface area contributed by atoms with Crippen molar-refractivity contribution in [1.29, 1.82) is 0 Å². The molecular weight excluding hydrogens is 263 g/mol. The van der Waals surface area contributed by atoms with Gasteiger partial charge in [-0.3, -0.25) is 0 Å². The van der Waals surface area contributed by atoms with Gasteiger partial charge in [-0.25, -0.2) is 9.50 Å². The number of hydrogen-bond donors (Lipinski definition) is 0. The minimum absolute atomic E-state index is 0.134. The molecular formula is C7H3BrF3N3. The first-order chi connectivity index (χ1) is 6.50. The van der Waals surface area contributed by atoms with Crippen molar-refractivity contribution in [3.05, 3.63) is 28.6 Å². The molecule has 0 aliphatic carbocycles. The van der Waals surface area contributed by atoms with Gasteiger partial charge in [-0.15, -0.1) is 0 Å². The topological polar surface area (TPSA) is 30.2 Å². The van der Waals surface area contributed by atoms with Crippen molar-refractivity contribution in [2.75, 3.05) is 0 Å². The van der Waals surface area contributed by atoms with Crippen LogP contribution < -0.4 is 0 Å². The lowest BCUT2D eigenvalue weighted by atomic mass is 10.4. The van der Waals surface area contributed by atoms with Gasteiger partial charge < -0.3 is 0 Å². The summed E-state index contributed by atoms with van der Waals surface area (Å²) in [4.78, 5) is 3.77. The highest BCUT2D eigenvalue weighted by molar-refractivity contribution is 9.10. The summed E-state index contributed by atoms with van der Waals surface area (Å²) in [7, 11) is 0. The number of halogens is 4. The predicted molar refractivity (Wildman–Crippen MR) is 45.7 cm³/mol. The van der Waals surface area contributed by atoms with E-state index < -0.39 is 11.9 Å². The number of aromatic nitrogens is 3. The lowest BCUT2D eigenvalue weighted by Crippen LogP contribution is -2.06. The normalized spacial score (nSPS) is 12.3. The molecule has 0 saturated heterocycles. The van der Waals surface area contributed by atoms with Gasteiger partial charge in [-0.1, -0.05) is 0 Å². The molecule has 7 heteroatoms. The highest BCUT2D eigenvalue weighted by atomic mass is 79.9. The lowest BCUT2D eigenvalue weighted by Gasteiger charge is -2.00. The summed E-state index contributed by atoms with van der Waals surface area (Å²) in [6.07, 6.45) is -1.66. The first kappa shape index (κ1) is 9.45. The molecule has 2 aromatic heterocycles. The summed E-state index contributed by atoms with van der Waals surface area (Å²) in [5.74, 6) is 0. The predicted octanol–water partition coefficient (Wildman–Crippen LogP) is 2.51. The van der Waals surface area contributed by atoms with Crippen molar-refractivity contribution >= 4 is 21.6 Å². The molecule has 0 aromatic carbocycles. The highest BCUT2D eigenvalue weighted by Crippen LogP contribution is 2.35. The zero-order valence-corrected chi connectivity index (χ0v) is 8.17. The number of fused-ring (bicyclic) bond motifs is 1. The minimum Gasteiger partial charge on any atom is -0.236 e. The van der Waals surface area contributed by atoms with Crippen LogP contribution in [-0.2, 0) is 6.18 Å². The monoisotopic (exact) mass is 265 g/mol. The van der Waals surface area contributed by atoms with E-state index >= 15 is 0 Å². The maximum atomic E-state index is 12.4. The van der Waals surface area contributed by atoms with E-state index in [0.717, 1.165) is 4.52 Å². The van der Waals surface area contributed by atoms with Gasteiger partial charge in [0.1, 0.15) is 0 Å². The lowest BCUT2D eigenvalue weighted by molar-refractivity contribution is -0.141. The summed E-state index contributed by atoms with van der Waals surface area (Å²) < 4.78 is 38.0. The Morgan fingerprint density at radius 2 is 2.07 bits per heavy atom. The Kier molecular flexibility index (Phi) is 1.99. The number of rotatable bonds is 0. The van der Waals surface area contributed by atoms with Crippen LogP contribution in [0.2, 0.25) is 0 Å². The van der Waals surface area contributed by atoms with Crippen molar-refractivity contribution in [2.24, 2.45) is 0 Å². The smallest absolute Gasteiger partial charge is 0.236 e. The fourth-order valence-electron chi connectivity index (χ4n) is 1.04. The van der Waals surface area contributed by atoms with Gasteiger partial charge >= 0.3 is 6.18 Å². The zero-order valence-electron chi connectivity index (χ0n) is 6.59. The molecule has 0 radical (unpaired) electrons. The fraction of sp³-hybridized carbons (Fsp3) is 0.143. The summed E-state index contributed by atoms with van der Waals surface area (Å²) in [5, 5.41) is 3.37. The molecule has 0 unspecified atom stereocenters. The maximum absolute atomic E-state index is 12.4. The van der Waals surface area contributed by atoms with Crippen LogP contribution in [0.25, 0.3) is 5.65 Å². The van der Waals surface area contributed by atoms with Crippen molar-refractivity contribution < 1.29 is 13.2 Å². The van der Waals surface area contributed by atoms with Gasteiger partial charge in [0.25, 0.3) is 0 Å². The van der Waals surface area contributed by atoms with E-state index in [2.05, 4.69) is 26.0 Å². The van der Waals surface area contributed by atoms with Crippen LogP contribution in [0, 0.1) is 0 Å². The van der Waals surface area contributed by atoms with Crippen molar-refractivity contribution in [3.63, 3.8) is 0 Å².